The van der Waals surface area contributed by atoms with Crippen LogP contribution in [0.5, 0.6) is 17.2 Å². The second-order valence-corrected chi connectivity index (χ2v) is 13.9. The third kappa shape index (κ3) is 6.78. The fraction of sp³-hybridized carbons (Fsp3) is 0.310. The molecular weight excluding hydrogens is 680 g/mol. The molecule has 53 heavy (non-hydrogen) atoms. The van der Waals surface area contributed by atoms with Gasteiger partial charge in [-0.05, 0) is 60.7 Å². The first-order valence-corrected chi connectivity index (χ1v) is 17.6. The average molecular weight is 721 g/mol. The number of aliphatic hydroxyl groups is 4. The summed E-state index contributed by atoms with van der Waals surface area (Å²) in [4.78, 5) is 41.0. The summed E-state index contributed by atoms with van der Waals surface area (Å²) < 4.78 is 17.3. The smallest absolute Gasteiger partial charge is 0.308 e. The van der Waals surface area contributed by atoms with Crippen LogP contribution in [0.2, 0.25) is 0 Å². The number of esters is 1. The van der Waals surface area contributed by atoms with Crippen LogP contribution in [-0.2, 0) is 21.6 Å². The molecule has 2 fully saturated rings. The van der Waals surface area contributed by atoms with Gasteiger partial charge in [-0.15, -0.1) is 0 Å². The third-order valence-electron chi connectivity index (χ3n) is 10.3. The molecular formula is C42H40O11. The SMILES string of the molecule is CC(=O)Oc1ccc2c(c1/C=C\c1ccccc1)C(=O)c1cc(O[C@H]3O[C@@H](C)[C@@H](O)[C@@H](O)[C@H]3O)c(Cc3cccc(C4(O)CCCC4)c3)c(O)c1C2=O. The summed E-state index contributed by atoms with van der Waals surface area (Å²) in [5.41, 5.74) is 0.893. The number of aliphatic hydroxyl groups excluding tert-OH is 3. The van der Waals surface area contributed by atoms with E-state index in [4.69, 9.17) is 14.2 Å². The maximum Gasteiger partial charge on any atom is 0.308 e. The largest absolute Gasteiger partial charge is 0.507 e. The lowest BCUT2D eigenvalue weighted by atomic mass is 9.79. The first-order chi connectivity index (χ1) is 25.4. The van der Waals surface area contributed by atoms with E-state index in [9.17, 15) is 39.9 Å². The Bertz CT molecular complexity index is 2120. The normalized spacial score (nSPS) is 23.5. The first kappa shape index (κ1) is 36.2. The average Bonchev–Trinajstić information content (AvgIpc) is 3.60. The highest BCUT2D eigenvalue weighted by molar-refractivity contribution is 6.31. The fourth-order valence-corrected chi connectivity index (χ4v) is 7.49. The van der Waals surface area contributed by atoms with Crippen molar-refractivity contribution in [1.29, 1.82) is 0 Å². The molecule has 7 rings (SSSR count). The zero-order valence-corrected chi connectivity index (χ0v) is 29.2. The van der Waals surface area contributed by atoms with Gasteiger partial charge < -0.3 is 39.7 Å². The summed E-state index contributed by atoms with van der Waals surface area (Å²) in [5.74, 6) is -2.55. The van der Waals surface area contributed by atoms with Crippen molar-refractivity contribution in [2.24, 2.45) is 0 Å². The van der Waals surface area contributed by atoms with E-state index in [0.717, 1.165) is 18.4 Å². The van der Waals surface area contributed by atoms with Gasteiger partial charge in [0.2, 0.25) is 6.29 Å². The number of phenols is 1. The van der Waals surface area contributed by atoms with Crippen LogP contribution in [0, 0.1) is 0 Å². The van der Waals surface area contributed by atoms with Crippen molar-refractivity contribution >= 4 is 29.7 Å². The molecule has 274 valence electrons. The summed E-state index contributed by atoms with van der Waals surface area (Å²) in [5, 5.41) is 55.0. The number of fused-ring (bicyclic) bond motifs is 2. The molecule has 1 saturated heterocycles. The van der Waals surface area contributed by atoms with Crippen LogP contribution in [0.1, 0.15) is 99.2 Å². The Morgan fingerprint density at radius 3 is 2.28 bits per heavy atom. The van der Waals surface area contributed by atoms with E-state index in [1.807, 2.05) is 42.5 Å². The summed E-state index contributed by atoms with van der Waals surface area (Å²) in [7, 11) is 0. The van der Waals surface area contributed by atoms with Gasteiger partial charge in [0, 0.05) is 41.2 Å². The molecule has 11 nitrogen and oxygen atoms in total. The van der Waals surface area contributed by atoms with Crippen LogP contribution in [0.4, 0.5) is 0 Å². The van der Waals surface area contributed by atoms with Crippen LogP contribution in [0.3, 0.4) is 0 Å². The molecule has 5 N–H and O–H groups in total. The monoisotopic (exact) mass is 720 g/mol. The molecule has 4 aromatic rings. The van der Waals surface area contributed by atoms with Crippen molar-refractivity contribution in [3.05, 3.63) is 123 Å². The quantitative estimate of drug-likeness (QED) is 0.0843. The number of ether oxygens (including phenoxy) is 3. The number of carbonyl (C=O) groups is 3. The van der Waals surface area contributed by atoms with Crippen LogP contribution >= 0.6 is 0 Å². The summed E-state index contributed by atoms with van der Waals surface area (Å²) in [6.07, 6.45) is -0.982. The molecule has 1 saturated carbocycles. The van der Waals surface area contributed by atoms with Gasteiger partial charge in [0.1, 0.15) is 35.6 Å². The zero-order chi connectivity index (χ0) is 37.6. The maximum atomic E-state index is 14.6. The van der Waals surface area contributed by atoms with Gasteiger partial charge in [-0.25, -0.2) is 0 Å². The molecule has 5 atom stereocenters. The van der Waals surface area contributed by atoms with Crippen molar-refractivity contribution in [1.82, 2.24) is 0 Å². The number of aromatic hydroxyl groups is 1. The van der Waals surface area contributed by atoms with E-state index in [-0.39, 0.29) is 51.3 Å². The zero-order valence-electron chi connectivity index (χ0n) is 29.2. The van der Waals surface area contributed by atoms with Crippen LogP contribution < -0.4 is 9.47 Å². The predicted octanol–water partition coefficient (Wildman–Crippen LogP) is 4.82. The number of rotatable bonds is 8. The highest BCUT2D eigenvalue weighted by atomic mass is 16.7. The van der Waals surface area contributed by atoms with E-state index >= 15 is 0 Å². The van der Waals surface area contributed by atoms with Gasteiger partial charge in [0.25, 0.3) is 0 Å². The maximum absolute atomic E-state index is 14.6. The van der Waals surface area contributed by atoms with Crippen molar-refractivity contribution < 1.29 is 54.1 Å². The predicted molar refractivity (Wildman–Crippen MR) is 193 cm³/mol. The lowest BCUT2D eigenvalue weighted by molar-refractivity contribution is -0.268. The molecule has 0 bridgehead atoms. The van der Waals surface area contributed by atoms with E-state index in [0.29, 0.717) is 24.0 Å². The van der Waals surface area contributed by atoms with Crippen molar-refractivity contribution in [2.45, 2.75) is 82.3 Å². The van der Waals surface area contributed by atoms with Crippen molar-refractivity contribution in [3.63, 3.8) is 0 Å². The fourth-order valence-electron chi connectivity index (χ4n) is 7.49. The number of carbonyl (C=O) groups excluding carboxylic acids is 3. The van der Waals surface area contributed by atoms with E-state index in [2.05, 4.69) is 0 Å². The van der Waals surface area contributed by atoms with Crippen molar-refractivity contribution in [3.8, 4) is 17.2 Å². The molecule has 4 aromatic carbocycles. The molecule has 2 aliphatic carbocycles. The van der Waals surface area contributed by atoms with Gasteiger partial charge >= 0.3 is 5.97 Å². The summed E-state index contributed by atoms with van der Waals surface area (Å²) >= 11 is 0. The van der Waals surface area contributed by atoms with Gasteiger partial charge in [-0.2, -0.15) is 0 Å². The lowest BCUT2D eigenvalue weighted by Crippen LogP contribution is -2.58. The Labute approximate surface area is 305 Å². The number of benzene rings is 4. The molecule has 1 heterocycles. The molecule has 1 aliphatic heterocycles. The lowest BCUT2D eigenvalue weighted by Gasteiger charge is -2.39. The second kappa shape index (κ2) is 14.3. The Morgan fingerprint density at radius 1 is 0.849 bits per heavy atom. The van der Waals surface area contributed by atoms with Gasteiger partial charge in [-0.3, -0.25) is 14.4 Å². The van der Waals surface area contributed by atoms with E-state index in [1.165, 1.54) is 32.0 Å². The Kier molecular flexibility index (Phi) is 9.79. The molecule has 0 unspecified atom stereocenters. The van der Waals surface area contributed by atoms with Gasteiger partial charge in [0.15, 0.2) is 11.6 Å². The molecule has 11 heteroatoms. The topological polar surface area (TPSA) is 180 Å². The Morgan fingerprint density at radius 2 is 1.57 bits per heavy atom. The van der Waals surface area contributed by atoms with Crippen LogP contribution in [-0.4, -0.2) is 73.8 Å². The minimum Gasteiger partial charge on any atom is -0.507 e. The molecule has 0 spiro atoms. The number of phenolic OH excluding ortho intramolecular Hbond substituents is 1. The number of ketones is 2. The van der Waals surface area contributed by atoms with E-state index < -0.39 is 59.6 Å². The minimum atomic E-state index is -1.72. The first-order valence-electron chi connectivity index (χ1n) is 17.6. The molecule has 3 aliphatic rings. The van der Waals surface area contributed by atoms with Crippen LogP contribution in [0.25, 0.3) is 12.2 Å². The highest BCUT2D eigenvalue weighted by Gasteiger charge is 2.44. The standard InChI is InChI=1S/C42H40O11/c1-22-35(44)39(48)40(49)41(51-22)53-32-21-30-34(37(46)29(32)20-25-11-8-12-26(19-25)42(50)17-6-7-18-42)36(45)28-15-16-31(52-23(2)43)27(33(28)38(30)47)14-13-24-9-4-3-5-10-24/h3-5,8-16,19,21-22,35,39-41,44,46,48-50H,6-7,17-18,20H2,1-2H3/b14-13-/t22-,35+,39+,40+,41+/m0/s1. The number of hydrogen-bond acceptors (Lipinski definition) is 11. The minimum absolute atomic E-state index is 0.0107. The summed E-state index contributed by atoms with van der Waals surface area (Å²) in [6, 6.07) is 20.6. The highest BCUT2D eigenvalue weighted by Crippen LogP contribution is 2.45. The Balaban J connectivity index is 1.37. The third-order valence-corrected chi connectivity index (χ3v) is 10.3. The molecule has 0 amide bonds. The Hall–Kier alpha value is -5.17. The molecule has 0 radical (unpaired) electrons. The van der Waals surface area contributed by atoms with Gasteiger partial charge in [-0.1, -0.05) is 73.5 Å². The van der Waals surface area contributed by atoms with Crippen molar-refractivity contribution in [2.75, 3.05) is 0 Å². The van der Waals surface area contributed by atoms with E-state index in [1.54, 1.807) is 24.3 Å². The molecule has 0 aromatic heterocycles. The second-order valence-electron chi connectivity index (χ2n) is 13.9. The number of hydrogen-bond donors (Lipinski definition) is 5. The van der Waals surface area contributed by atoms with Gasteiger partial charge in [0.05, 0.1) is 17.3 Å². The summed E-state index contributed by atoms with van der Waals surface area (Å²) in [6.45, 7) is 2.71. The van der Waals surface area contributed by atoms with Crippen LogP contribution in [0.15, 0.2) is 72.8 Å².